The van der Waals surface area contributed by atoms with Gasteiger partial charge in [0.2, 0.25) is 10.0 Å². The molecule has 0 radical (unpaired) electrons. The molecule has 0 unspecified atom stereocenters. The van der Waals surface area contributed by atoms with E-state index in [-0.39, 0.29) is 5.75 Å². The lowest BCUT2D eigenvalue weighted by Gasteiger charge is -2.28. The number of piperidine rings is 1. The highest BCUT2D eigenvalue weighted by molar-refractivity contribution is 7.88. The van der Waals surface area contributed by atoms with Crippen LogP contribution in [0.25, 0.3) is 0 Å². The molecule has 1 N–H and O–H groups in total. The Hall–Kier alpha value is -0.620. The smallest absolute Gasteiger partial charge is 0.215 e. The fraction of sp³-hybridized carbons (Fsp3) is 0.600. The molecule has 1 heterocycles. The number of halogens is 1. The van der Waals surface area contributed by atoms with Crippen molar-refractivity contribution in [1.82, 2.24) is 9.62 Å². The third kappa shape index (κ3) is 5.94. The van der Waals surface area contributed by atoms with Gasteiger partial charge >= 0.3 is 0 Å². The molecule has 1 aromatic rings. The number of nitrogens with one attached hydrogen (secondary N) is 1. The van der Waals surface area contributed by atoms with E-state index in [9.17, 15) is 8.42 Å². The monoisotopic (exact) mass is 330 g/mol. The largest absolute Gasteiger partial charge is 0.306 e. The number of benzene rings is 1. The van der Waals surface area contributed by atoms with E-state index in [0.717, 1.165) is 37.9 Å². The average molecular weight is 331 g/mol. The molecular weight excluding hydrogens is 308 g/mol. The highest BCUT2D eigenvalue weighted by Gasteiger charge is 2.17. The van der Waals surface area contributed by atoms with E-state index in [2.05, 4.69) is 16.7 Å². The van der Waals surface area contributed by atoms with Gasteiger partial charge in [-0.1, -0.05) is 23.7 Å². The summed E-state index contributed by atoms with van der Waals surface area (Å²) in [6.45, 7) is 2.76. The highest BCUT2D eigenvalue weighted by Crippen LogP contribution is 2.19. The fourth-order valence-corrected chi connectivity index (χ4v) is 3.91. The van der Waals surface area contributed by atoms with Crippen molar-refractivity contribution in [2.45, 2.75) is 25.0 Å². The lowest BCUT2D eigenvalue weighted by molar-refractivity contribution is 0.213. The van der Waals surface area contributed by atoms with Gasteiger partial charge in [0, 0.05) is 11.6 Å². The zero-order valence-electron chi connectivity index (χ0n) is 12.4. The molecule has 0 bridgehead atoms. The Morgan fingerprint density at radius 1 is 1.24 bits per heavy atom. The first kappa shape index (κ1) is 16.7. The van der Waals surface area contributed by atoms with Crippen LogP contribution < -0.4 is 4.72 Å². The lowest BCUT2D eigenvalue weighted by Crippen LogP contribution is -2.33. The van der Waals surface area contributed by atoms with E-state index in [1.54, 1.807) is 24.3 Å². The van der Waals surface area contributed by atoms with Gasteiger partial charge < -0.3 is 4.90 Å². The van der Waals surface area contributed by atoms with Crippen molar-refractivity contribution >= 4 is 21.6 Å². The van der Waals surface area contributed by atoms with Crippen molar-refractivity contribution in [3.05, 3.63) is 34.9 Å². The maximum absolute atomic E-state index is 12.0. The Balaban J connectivity index is 1.75. The molecule has 118 valence electrons. The van der Waals surface area contributed by atoms with Crippen molar-refractivity contribution in [2.75, 3.05) is 26.7 Å². The van der Waals surface area contributed by atoms with E-state index in [1.807, 2.05) is 0 Å². The van der Waals surface area contributed by atoms with Crippen LogP contribution >= 0.6 is 11.6 Å². The second-order valence-corrected chi connectivity index (χ2v) is 8.06. The molecule has 1 aliphatic heterocycles. The molecule has 6 heteroatoms. The Labute approximate surface area is 132 Å². The first-order valence-electron chi connectivity index (χ1n) is 7.35. The van der Waals surface area contributed by atoms with Crippen LogP contribution in [0.1, 0.15) is 24.8 Å². The molecule has 0 aromatic heterocycles. The fourth-order valence-electron chi connectivity index (χ4n) is 2.62. The maximum atomic E-state index is 12.0. The molecule has 0 spiro atoms. The summed E-state index contributed by atoms with van der Waals surface area (Å²) in [5, 5.41) is 0.617. The minimum Gasteiger partial charge on any atom is -0.306 e. The van der Waals surface area contributed by atoms with Crippen LogP contribution in [0.5, 0.6) is 0 Å². The van der Waals surface area contributed by atoms with E-state index in [4.69, 9.17) is 11.6 Å². The van der Waals surface area contributed by atoms with Gasteiger partial charge in [0.1, 0.15) is 0 Å². The topological polar surface area (TPSA) is 49.4 Å². The quantitative estimate of drug-likeness (QED) is 0.871. The zero-order chi connectivity index (χ0) is 15.3. The zero-order valence-corrected chi connectivity index (χ0v) is 14.0. The van der Waals surface area contributed by atoms with Crippen LogP contribution in [0, 0.1) is 5.92 Å². The number of hydrogen-bond acceptors (Lipinski definition) is 3. The van der Waals surface area contributed by atoms with Crippen LogP contribution in [-0.2, 0) is 15.8 Å². The summed E-state index contributed by atoms with van der Waals surface area (Å²) in [7, 11) is -1.13. The van der Waals surface area contributed by atoms with E-state index >= 15 is 0 Å². The number of nitrogens with zero attached hydrogens (tertiary/aromatic N) is 1. The minimum atomic E-state index is -3.26. The number of sulfonamides is 1. The van der Waals surface area contributed by atoms with Gasteiger partial charge in [-0.2, -0.15) is 0 Å². The second kappa shape index (κ2) is 7.58. The number of rotatable bonds is 6. The van der Waals surface area contributed by atoms with Crippen molar-refractivity contribution in [3.63, 3.8) is 0 Å². The van der Waals surface area contributed by atoms with E-state index < -0.39 is 10.0 Å². The normalized spacial score (nSPS) is 18.0. The third-order valence-electron chi connectivity index (χ3n) is 3.98. The SMILES string of the molecule is CN1CCC(CCNS(=O)(=O)Cc2ccc(Cl)cc2)CC1. The molecule has 1 aliphatic rings. The van der Waals surface area contributed by atoms with Gasteiger partial charge in [-0.15, -0.1) is 0 Å². The summed E-state index contributed by atoms with van der Waals surface area (Å²) in [6, 6.07) is 6.92. The standard InChI is InChI=1S/C15H23ClN2O2S/c1-18-10-7-13(8-11-18)6-9-17-21(19,20)12-14-2-4-15(16)5-3-14/h2-5,13,17H,6-12H2,1H3. The van der Waals surface area contributed by atoms with Gasteiger partial charge in [0.05, 0.1) is 5.75 Å². The van der Waals surface area contributed by atoms with Crippen molar-refractivity contribution in [3.8, 4) is 0 Å². The summed E-state index contributed by atoms with van der Waals surface area (Å²) < 4.78 is 26.8. The summed E-state index contributed by atoms with van der Waals surface area (Å²) in [5.41, 5.74) is 0.756. The molecule has 1 aromatic carbocycles. The lowest BCUT2D eigenvalue weighted by atomic mass is 9.94. The highest BCUT2D eigenvalue weighted by atomic mass is 35.5. The molecule has 2 rings (SSSR count). The first-order valence-corrected chi connectivity index (χ1v) is 9.38. The van der Waals surface area contributed by atoms with Crippen LogP contribution in [-0.4, -0.2) is 40.0 Å². The molecule has 1 fully saturated rings. The molecular formula is C15H23ClN2O2S. The molecule has 0 atom stereocenters. The van der Waals surface area contributed by atoms with Crippen LogP contribution in [0.3, 0.4) is 0 Å². The van der Waals surface area contributed by atoms with Crippen LogP contribution in [0.4, 0.5) is 0 Å². The second-order valence-electron chi connectivity index (χ2n) is 5.82. The van der Waals surface area contributed by atoms with Crippen molar-refractivity contribution in [2.24, 2.45) is 5.92 Å². The Morgan fingerprint density at radius 2 is 1.86 bits per heavy atom. The minimum absolute atomic E-state index is 0.0115. The molecule has 0 aliphatic carbocycles. The predicted molar refractivity (Wildman–Crippen MR) is 86.9 cm³/mol. The first-order chi connectivity index (χ1) is 9.94. The van der Waals surface area contributed by atoms with Gasteiger partial charge in [-0.05, 0) is 63.0 Å². The predicted octanol–water partition coefficient (Wildman–Crippen LogP) is 2.49. The van der Waals surface area contributed by atoms with Gasteiger partial charge in [-0.25, -0.2) is 13.1 Å². The van der Waals surface area contributed by atoms with Gasteiger partial charge in [0.25, 0.3) is 0 Å². The Morgan fingerprint density at radius 3 is 2.48 bits per heavy atom. The summed E-state index contributed by atoms with van der Waals surface area (Å²) >= 11 is 5.79. The molecule has 0 saturated carbocycles. The molecule has 21 heavy (non-hydrogen) atoms. The Bertz CT molecular complexity index is 537. The third-order valence-corrected chi connectivity index (χ3v) is 5.59. The maximum Gasteiger partial charge on any atom is 0.215 e. The van der Waals surface area contributed by atoms with Gasteiger partial charge in [0.15, 0.2) is 0 Å². The summed E-state index contributed by atoms with van der Waals surface area (Å²) in [4.78, 5) is 2.32. The summed E-state index contributed by atoms with van der Waals surface area (Å²) in [5.74, 6) is 0.650. The van der Waals surface area contributed by atoms with Gasteiger partial charge in [-0.3, -0.25) is 0 Å². The molecule has 4 nitrogen and oxygen atoms in total. The molecule has 0 amide bonds. The molecule has 1 saturated heterocycles. The summed E-state index contributed by atoms with van der Waals surface area (Å²) in [6.07, 6.45) is 3.25. The number of hydrogen-bond donors (Lipinski definition) is 1. The Kier molecular flexibility index (Phi) is 6.05. The van der Waals surface area contributed by atoms with E-state index in [0.29, 0.717) is 17.5 Å². The van der Waals surface area contributed by atoms with E-state index in [1.165, 1.54) is 0 Å². The van der Waals surface area contributed by atoms with Crippen molar-refractivity contribution in [1.29, 1.82) is 0 Å². The average Bonchev–Trinajstić information content (AvgIpc) is 2.43. The number of likely N-dealkylation sites (tertiary alicyclic amines) is 1. The van der Waals surface area contributed by atoms with Crippen LogP contribution in [0.2, 0.25) is 5.02 Å². The van der Waals surface area contributed by atoms with Crippen LogP contribution in [0.15, 0.2) is 24.3 Å². The van der Waals surface area contributed by atoms with Crippen molar-refractivity contribution < 1.29 is 8.42 Å².